The van der Waals surface area contributed by atoms with E-state index in [2.05, 4.69) is 25.4 Å². The van der Waals surface area contributed by atoms with E-state index in [9.17, 15) is 4.79 Å². The summed E-state index contributed by atoms with van der Waals surface area (Å²) >= 11 is 0. The molecular weight excluding hydrogens is 184 g/mol. The van der Waals surface area contributed by atoms with Crippen LogP contribution in [-0.4, -0.2) is 39.0 Å². The fourth-order valence-corrected chi connectivity index (χ4v) is 1.11. The van der Waals surface area contributed by atoms with Crippen molar-refractivity contribution < 1.29 is 0 Å². The monoisotopic (exact) mass is 194 g/mol. The maximum Gasteiger partial charge on any atom is 0.278 e. The van der Waals surface area contributed by atoms with Crippen LogP contribution >= 0.6 is 0 Å². The molecule has 0 amide bonds. The highest BCUT2D eigenvalue weighted by Gasteiger charge is 2.05. The van der Waals surface area contributed by atoms with E-state index in [1.807, 2.05) is 0 Å². The molecule has 0 fully saturated rings. The largest absolute Gasteiger partial charge is 0.339 e. The highest BCUT2D eigenvalue weighted by molar-refractivity contribution is 5.69. The molecule has 0 unspecified atom stereocenters. The minimum absolute atomic E-state index is 0.239. The molecule has 74 valence electrons. The van der Waals surface area contributed by atoms with Gasteiger partial charge in [0.15, 0.2) is 11.2 Å². The van der Waals surface area contributed by atoms with E-state index < -0.39 is 0 Å². The Morgan fingerprint density at radius 2 is 2.29 bits per heavy atom. The van der Waals surface area contributed by atoms with Gasteiger partial charge in [0.25, 0.3) is 5.56 Å². The summed E-state index contributed by atoms with van der Waals surface area (Å²) in [5, 5.41) is 1.68. The van der Waals surface area contributed by atoms with Crippen molar-refractivity contribution in [1.82, 2.24) is 24.9 Å². The van der Waals surface area contributed by atoms with Gasteiger partial charge in [0.2, 0.25) is 5.95 Å². The lowest BCUT2D eigenvalue weighted by Gasteiger charge is -2.10. The Bertz CT molecular complexity index is 498. The Morgan fingerprint density at radius 3 is 3.00 bits per heavy atom. The molecule has 0 bridgehead atoms. The van der Waals surface area contributed by atoms with Crippen LogP contribution in [-0.2, 0) is 0 Å². The SMILES string of the molecule is CN(C)Nc1nc2nc[nH]c2c(=O)[nH]1. The zero-order valence-corrected chi connectivity index (χ0v) is 7.83. The predicted octanol–water partition coefficient (Wildman–Crippen LogP) is -0.465. The molecule has 0 atom stereocenters. The van der Waals surface area contributed by atoms with Crippen molar-refractivity contribution >= 4 is 17.1 Å². The van der Waals surface area contributed by atoms with E-state index in [4.69, 9.17) is 0 Å². The molecule has 7 heteroatoms. The zero-order chi connectivity index (χ0) is 10.1. The first-order valence-corrected chi connectivity index (χ1v) is 4.04. The van der Waals surface area contributed by atoms with Gasteiger partial charge in [0, 0.05) is 14.1 Å². The Kier molecular flexibility index (Phi) is 1.93. The standard InChI is InChI=1S/C7H10N6O/c1-13(2)12-7-10-5-4(6(14)11-7)8-3-9-5/h3H,1-2H3,(H3,8,9,10,11,12,14). The van der Waals surface area contributed by atoms with Gasteiger partial charge in [-0.25, -0.2) is 9.99 Å². The smallest absolute Gasteiger partial charge is 0.278 e. The predicted molar refractivity (Wildman–Crippen MR) is 51.8 cm³/mol. The third-order valence-electron chi connectivity index (χ3n) is 1.63. The van der Waals surface area contributed by atoms with Gasteiger partial charge in [0.05, 0.1) is 6.33 Å². The molecule has 3 N–H and O–H groups in total. The van der Waals surface area contributed by atoms with Crippen molar-refractivity contribution in [1.29, 1.82) is 0 Å². The van der Waals surface area contributed by atoms with Crippen LogP contribution < -0.4 is 11.0 Å². The van der Waals surface area contributed by atoms with Crippen LogP contribution in [0.2, 0.25) is 0 Å². The van der Waals surface area contributed by atoms with Crippen molar-refractivity contribution in [2.45, 2.75) is 0 Å². The summed E-state index contributed by atoms with van der Waals surface area (Å²) in [7, 11) is 3.60. The summed E-state index contributed by atoms with van der Waals surface area (Å²) in [6.07, 6.45) is 1.44. The average Bonchev–Trinajstić information content (AvgIpc) is 2.50. The van der Waals surface area contributed by atoms with Crippen LogP contribution in [0, 0.1) is 0 Å². The molecule has 0 aliphatic carbocycles. The highest BCUT2D eigenvalue weighted by atomic mass is 16.1. The van der Waals surface area contributed by atoms with Crippen LogP contribution in [0.25, 0.3) is 11.2 Å². The minimum atomic E-state index is -0.239. The van der Waals surface area contributed by atoms with Crippen molar-refractivity contribution in [2.75, 3.05) is 19.5 Å². The molecule has 2 heterocycles. The quantitative estimate of drug-likeness (QED) is 0.562. The number of hydrogen-bond donors (Lipinski definition) is 3. The second kappa shape index (κ2) is 3.11. The number of hydrogen-bond acceptors (Lipinski definition) is 5. The first kappa shape index (κ1) is 8.70. The van der Waals surface area contributed by atoms with Gasteiger partial charge in [-0.15, -0.1) is 0 Å². The summed E-state index contributed by atoms with van der Waals surface area (Å²) in [5.74, 6) is 0.375. The molecule has 14 heavy (non-hydrogen) atoms. The Labute approximate surface area is 79.2 Å². The van der Waals surface area contributed by atoms with Gasteiger partial charge >= 0.3 is 0 Å². The molecule has 0 saturated heterocycles. The molecule has 2 aromatic rings. The number of hydrazine groups is 1. The van der Waals surface area contributed by atoms with E-state index in [1.54, 1.807) is 19.1 Å². The molecule has 0 aromatic carbocycles. The summed E-state index contributed by atoms with van der Waals surface area (Å²) in [4.78, 5) is 24.7. The van der Waals surface area contributed by atoms with Gasteiger partial charge in [-0.3, -0.25) is 15.2 Å². The first-order chi connectivity index (χ1) is 6.66. The maximum absolute atomic E-state index is 11.4. The Balaban J connectivity index is 2.53. The van der Waals surface area contributed by atoms with Crippen LogP contribution in [0.1, 0.15) is 0 Å². The molecule has 2 aromatic heterocycles. The van der Waals surface area contributed by atoms with Crippen LogP contribution in [0.4, 0.5) is 5.95 Å². The lowest BCUT2D eigenvalue weighted by molar-refractivity contribution is 0.489. The van der Waals surface area contributed by atoms with Crippen molar-refractivity contribution in [3.05, 3.63) is 16.7 Å². The van der Waals surface area contributed by atoms with E-state index in [1.165, 1.54) is 6.33 Å². The van der Waals surface area contributed by atoms with Gasteiger partial charge < -0.3 is 4.98 Å². The number of aromatic amines is 2. The van der Waals surface area contributed by atoms with Crippen LogP contribution in [0.3, 0.4) is 0 Å². The topological polar surface area (TPSA) is 89.7 Å². The second-order valence-electron chi connectivity index (χ2n) is 3.02. The first-order valence-electron chi connectivity index (χ1n) is 4.04. The molecule has 0 saturated carbocycles. The fourth-order valence-electron chi connectivity index (χ4n) is 1.11. The lowest BCUT2D eigenvalue weighted by atomic mass is 10.5. The van der Waals surface area contributed by atoms with Crippen LogP contribution in [0.15, 0.2) is 11.1 Å². The minimum Gasteiger partial charge on any atom is -0.339 e. The van der Waals surface area contributed by atoms with Crippen molar-refractivity contribution in [2.24, 2.45) is 0 Å². The second-order valence-corrected chi connectivity index (χ2v) is 3.02. The summed E-state index contributed by atoms with van der Waals surface area (Å²) in [6, 6.07) is 0. The molecule has 7 nitrogen and oxygen atoms in total. The maximum atomic E-state index is 11.4. The number of nitrogens with zero attached hydrogens (tertiary/aromatic N) is 3. The number of nitrogens with one attached hydrogen (secondary N) is 3. The Morgan fingerprint density at radius 1 is 1.50 bits per heavy atom. The average molecular weight is 194 g/mol. The highest BCUT2D eigenvalue weighted by Crippen LogP contribution is 2.02. The number of H-pyrrole nitrogens is 2. The number of rotatable bonds is 2. The number of aromatic nitrogens is 4. The van der Waals surface area contributed by atoms with E-state index >= 15 is 0 Å². The number of anilines is 1. The molecule has 0 spiro atoms. The third-order valence-corrected chi connectivity index (χ3v) is 1.63. The van der Waals surface area contributed by atoms with Gasteiger partial charge in [-0.1, -0.05) is 0 Å². The summed E-state index contributed by atoms with van der Waals surface area (Å²) in [5.41, 5.74) is 3.39. The van der Waals surface area contributed by atoms with E-state index in [0.717, 1.165) is 0 Å². The lowest BCUT2D eigenvalue weighted by Crippen LogP contribution is -2.23. The third kappa shape index (κ3) is 1.44. The molecule has 2 rings (SSSR count). The number of imidazole rings is 1. The van der Waals surface area contributed by atoms with Crippen molar-refractivity contribution in [3.63, 3.8) is 0 Å². The molecule has 0 radical (unpaired) electrons. The summed E-state index contributed by atoms with van der Waals surface area (Å²) < 4.78 is 0. The van der Waals surface area contributed by atoms with Gasteiger partial charge in [-0.2, -0.15) is 4.98 Å². The van der Waals surface area contributed by atoms with Crippen molar-refractivity contribution in [3.8, 4) is 0 Å². The van der Waals surface area contributed by atoms with Gasteiger partial charge in [0.1, 0.15) is 0 Å². The Hall–Kier alpha value is -1.89. The van der Waals surface area contributed by atoms with E-state index in [0.29, 0.717) is 17.1 Å². The fraction of sp³-hybridized carbons (Fsp3) is 0.286. The van der Waals surface area contributed by atoms with Gasteiger partial charge in [-0.05, 0) is 0 Å². The molecule has 0 aliphatic rings. The summed E-state index contributed by atoms with van der Waals surface area (Å²) in [6.45, 7) is 0. The van der Waals surface area contributed by atoms with E-state index in [-0.39, 0.29) is 5.56 Å². The molecule has 0 aliphatic heterocycles. The molecular formula is C7H10N6O. The number of fused-ring (bicyclic) bond motifs is 1. The van der Waals surface area contributed by atoms with Crippen LogP contribution in [0.5, 0.6) is 0 Å². The normalized spacial score (nSPS) is 11.1. The zero-order valence-electron chi connectivity index (χ0n) is 7.83.